The quantitative estimate of drug-likeness (QED) is 0.773. The van der Waals surface area contributed by atoms with Gasteiger partial charge in [-0.1, -0.05) is 45.2 Å². The third-order valence-corrected chi connectivity index (χ3v) is 3.97. The molecule has 0 fully saturated rings. The summed E-state index contributed by atoms with van der Waals surface area (Å²) in [4.78, 5) is 12.4. The van der Waals surface area contributed by atoms with Gasteiger partial charge in [0.1, 0.15) is 0 Å². The van der Waals surface area contributed by atoms with Crippen molar-refractivity contribution in [3.05, 3.63) is 30.2 Å². The number of aryl methyl sites for hydroxylation is 1. The molecule has 0 bridgehead atoms. The first-order valence-electron chi connectivity index (χ1n) is 8.33. The van der Waals surface area contributed by atoms with Gasteiger partial charge < -0.3 is 9.73 Å². The van der Waals surface area contributed by atoms with Crippen molar-refractivity contribution in [1.29, 1.82) is 0 Å². The SMILES string of the molecule is CCCCC(CC)CC(=O)Nc1ccccc1-c1nnc(C)o1. The van der Waals surface area contributed by atoms with Crippen molar-refractivity contribution in [2.75, 3.05) is 5.32 Å². The Kier molecular flexibility index (Phi) is 6.32. The van der Waals surface area contributed by atoms with E-state index in [0.29, 0.717) is 29.8 Å². The molecule has 0 aliphatic carbocycles. The summed E-state index contributed by atoms with van der Waals surface area (Å²) in [6.45, 7) is 6.06. The van der Waals surface area contributed by atoms with Crippen molar-refractivity contribution < 1.29 is 9.21 Å². The first-order chi connectivity index (χ1) is 11.1. The summed E-state index contributed by atoms with van der Waals surface area (Å²) in [6.07, 6.45) is 5.01. The largest absolute Gasteiger partial charge is 0.421 e. The van der Waals surface area contributed by atoms with E-state index < -0.39 is 0 Å². The Morgan fingerprint density at radius 2 is 2.04 bits per heavy atom. The number of anilines is 1. The molecule has 0 aliphatic rings. The molecule has 0 radical (unpaired) electrons. The molecule has 0 saturated heterocycles. The van der Waals surface area contributed by atoms with Gasteiger partial charge in [0, 0.05) is 13.3 Å². The van der Waals surface area contributed by atoms with Crippen LogP contribution in [0.25, 0.3) is 11.5 Å². The summed E-state index contributed by atoms with van der Waals surface area (Å²) in [5.41, 5.74) is 1.47. The third kappa shape index (κ3) is 4.91. The second-order valence-corrected chi connectivity index (χ2v) is 5.84. The van der Waals surface area contributed by atoms with Crippen LogP contribution in [0, 0.1) is 12.8 Å². The number of nitrogens with zero attached hydrogens (tertiary/aromatic N) is 2. The summed E-state index contributed by atoms with van der Waals surface area (Å²) in [6, 6.07) is 7.51. The normalized spacial score (nSPS) is 12.1. The molecule has 1 unspecified atom stereocenters. The van der Waals surface area contributed by atoms with Crippen molar-refractivity contribution in [3.8, 4) is 11.5 Å². The Bertz CT molecular complexity index is 637. The van der Waals surface area contributed by atoms with Crippen molar-refractivity contribution in [2.45, 2.75) is 52.9 Å². The Labute approximate surface area is 137 Å². The zero-order chi connectivity index (χ0) is 16.7. The van der Waals surface area contributed by atoms with Crippen molar-refractivity contribution in [3.63, 3.8) is 0 Å². The summed E-state index contributed by atoms with van der Waals surface area (Å²) >= 11 is 0. The van der Waals surface area contributed by atoms with Gasteiger partial charge in [-0.2, -0.15) is 0 Å². The summed E-state index contributed by atoms with van der Waals surface area (Å²) in [5.74, 6) is 1.41. The minimum absolute atomic E-state index is 0.0386. The fourth-order valence-electron chi connectivity index (χ4n) is 2.59. The minimum Gasteiger partial charge on any atom is -0.421 e. The van der Waals surface area contributed by atoms with E-state index >= 15 is 0 Å². The van der Waals surface area contributed by atoms with Gasteiger partial charge in [-0.15, -0.1) is 10.2 Å². The van der Waals surface area contributed by atoms with E-state index in [1.165, 1.54) is 6.42 Å². The Hall–Kier alpha value is -2.17. The van der Waals surface area contributed by atoms with Crippen LogP contribution in [0.5, 0.6) is 0 Å². The average molecular weight is 315 g/mol. The number of carbonyl (C=O) groups excluding carboxylic acids is 1. The van der Waals surface area contributed by atoms with E-state index in [2.05, 4.69) is 29.4 Å². The summed E-state index contributed by atoms with van der Waals surface area (Å²) < 4.78 is 5.47. The molecule has 2 rings (SSSR count). The fourth-order valence-corrected chi connectivity index (χ4v) is 2.59. The summed E-state index contributed by atoms with van der Waals surface area (Å²) in [7, 11) is 0. The summed E-state index contributed by atoms with van der Waals surface area (Å²) in [5, 5.41) is 10.9. The molecule has 1 aromatic carbocycles. The average Bonchev–Trinajstić information content (AvgIpc) is 2.98. The molecule has 1 atom stereocenters. The lowest BCUT2D eigenvalue weighted by Gasteiger charge is -2.15. The Morgan fingerprint density at radius 1 is 1.26 bits per heavy atom. The molecule has 1 N–H and O–H groups in total. The number of benzene rings is 1. The smallest absolute Gasteiger partial charge is 0.249 e. The van der Waals surface area contributed by atoms with E-state index in [4.69, 9.17) is 4.42 Å². The van der Waals surface area contributed by atoms with Gasteiger partial charge in [-0.3, -0.25) is 4.79 Å². The van der Waals surface area contributed by atoms with E-state index in [1.807, 2.05) is 24.3 Å². The van der Waals surface area contributed by atoms with Crippen LogP contribution < -0.4 is 5.32 Å². The van der Waals surface area contributed by atoms with Crippen LogP contribution >= 0.6 is 0 Å². The van der Waals surface area contributed by atoms with Crippen molar-refractivity contribution in [1.82, 2.24) is 10.2 Å². The predicted octanol–water partition coefficient (Wildman–Crippen LogP) is 4.59. The monoisotopic (exact) mass is 315 g/mol. The highest BCUT2D eigenvalue weighted by molar-refractivity contribution is 5.94. The number of para-hydroxylation sites is 1. The van der Waals surface area contributed by atoms with Gasteiger partial charge in [-0.05, 0) is 24.5 Å². The number of hydrogen-bond acceptors (Lipinski definition) is 4. The maximum absolute atomic E-state index is 12.4. The number of carbonyl (C=O) groups is 1. The molecule has 1 amide bonds. The maximum atomic E-state index is 12.4. The second-order valence-electron chi connectivity index (χ2n) is 5.84. The highest BCUT2D eigenvalue weighted by Crippen LogP contribution is 2.27. The van der Waals surface area contributed by atoms with Gasteiger partial charge in [-0.25, -0.2) is 0 Å². The highest BCUT2D eigenvalue weighted by Gasteiger charge is 2.15. The molecule has 0 spiro atoms. The van der Waals surface area contributed by atoms with Crippen LogP contribution in [0.1, 0.15) is 51.8 Å². The topological polar surface area (TPSA) is 68.0 Å². The van der Waals surface area contributed by atoms with Crippen molar-refractivity contribution in [2.24, 2.45) is 5.92 Å². The molecule has 5 nitrogen and oxygen atoms in total. The number of unbranched alkanes of at least 4 members (excludes halogenated alkanes) is 1. The molecular formula is C18H25N3O2. The van der Waals surface area contributed by atoms with Crippen LogP contribution in [0.4, 0.5) is 5.69 Å². The Morgan fingerprint density at radius 3 is 2.70 bits per heavy atom. The zero-order valence-electron chi connectivity index (χ0n) is 14.1. The minimum atomic E-state index is 0.0386. The van der Waals surface area contributed by atoms with Gasteiger partial charge in [0.2, 0.25) is 17.7 Å². The second kappa shape index (κ2) is 8.46. The van der Waals surface area contributed by atoms with Crippen LogP contribution in [0.3, 0.4) is 0 Å². The predicted molar refractivity (Wildman–Crippen MR) is 91.0 cm³/mol. The lowest BCUT2D eigenvalue weighted by atomic mass is 9.95. The molecule has 5 heteroatoms. The van der Waals surface area contributed by atoms with E-state index in [0.717, 1.165) is 24.8 Å². The molecule has 0 saturated carbocycles. The molecule has 0 aliphatic heterocycles. The Balaban J connectivity index is 2.06. The van der Waals surface area contributed by atoms with Gasteiger partial charge in [0.25, 0.3) is 0 Å². The van der Waals surface area contributed by atoms with Gasteiger partial charge in [0.15, 0.2) is 0 Å². The number of nitrogens with one attached hydrogen (secondary N) is 1. The molecular weight excluding hydrogens is 290 g/mol. The fraction of sp³-hybridized carbons (Fsp3) is 0.500. The van der Waals surface area contributed by atoms with Gasteiger partial charge >= 0.3 is 0 Å². The van der Waals surface area contributed by atoms with Crippen LogP contribution in [0.15, 0.2) is 28.7 Å². The van der Waals surface area contributed by atoms with Crippen LogP contribution in [0.2, 0.25) is 0 Å². The van der Waals surface area contributed by atoms with Crippen LogP contribution in [-0.2, 0) is 4.79 Å². The maximum Gasteiger partial charge on any atom is 0.249 e. The third-order valence-electron chi connectivity index (χ3n) is 3.97. The number of amides is 1. The lowest BCUT2D eigenvalue weighted by molar-refractivity contribution is -0.117. The van der Waals surface area contributed by atoms with E-state index in [9.17, 15) is 4.79 Å². The molecule has 124 valence electrons. The molecule has 1 aromatic heterocycles. The van der Waals surface area contributed by atoms with E-state index in [1.54, 1.807) is 6.92 Å². The number of aromatic nitrogens is 2. The molecule has 2 aromatic rings. The molecule has 1 heterocycles. The number of hydrogen-bond donors (Lipinski definition) is 1. The molecule has 23 heavy (non-hydrogen) atoms. The number of rotatable bonds is 8. The first-order valence-corrected chi connectivity index (χ1v) is 8.33. The van der Waals surface area contributed by atoms with Gasteiger partial charge in [0.05, 0.1) is 11.3 Å². The highest BCUT2D eigenvalue weighted by atomic mass is 16.4. The van der Waals surface area contributed by atoms with E-state index in [-0.39, 0.29) is 5.91 Å². The lowest BCUT2D eigenvalue weighted by Crippen LogP contribution is -2.16. The first kappa shape index (κ1) is 17.2. The zero-order valence-corrected chi connectivity index (χ0v) is 14.1. The standard InChI is InChI=1S/C18H25N3O2/c1-4-6-9-14(5-2)12-17(22)19-16-11-8-7-10-15(16)18-21-20-13(3)23-18/h7-8,10-11,14H,4-6,9,12H2,1-3H3,(H,19,22). The van der Waals surface area contributed by atoms with Crippen molar-refractivity contribution >= 4 is 11.6 Å². The van der Waals surface area contributed by atoms with Crippen LogP contribution in [-0.4, -0.2) is 16.1 Å².